The van der Waals surface area contributed by atoms with E-state index in [0.29, 0.717) is 17.1 Å². The Hall–Kier alpha value is -2.88. The first-order valence-corrected chi connectivity index (χ1v) is 6.80. The van der Waals surface area contributed by atoms with Gasteiger partial charge >= 0.3 is 5.97 Å². The van der Waals surface area contributed by atoms with Gasteiger partial charge in [0.05, 0.1) is 24.3 Å². The number of aromatic hydroxyl groups is 1. The minimum Gasteiger partial charge on any atom is -0.492 e. The number of esters is 1. The number of nitriles is 1. The molecule has 2 heterocycles. The number of aromatic amines is 1. The number of aromatic nitrogens is 3. The third-order valence-corrected chi connectivity index (χ3v) is 3.20. The van der Waals surface area contributed by atoms with E-state index in [4.69, 9.17) is 4.74 Å². The summed E-state index contributed by atoms with van der Waals surface area (Å²) in [7, 11) is 0. The molecule has 2 N–H and O–H groups in total. The van der Waals surface area contributed by atoms with Gasteiger partial charge < -0.3 is 14.8 Å². The fourth-order valence-corrected chi connectivity index (χ4v) is 2.30. The molecule has 0 aromatic carbocycles. The first-order valence-electron chi connectivity index (χ1n) is 6.80. The maximum absolute atomic E-state index is 12.1. The van der Waals surface area contributed by atoms with Gasteiger partial charge in [0.1, 0.15) is 5.82 Å². The number of nitrogens with zero attached hydrogens (tertiary/aromatic N) is 3. The zero-order valence-electron chi connectivity index (χ0n) is 12.3. The molecule has 0 saturated heterocycles. The van der Waals surface area contributed by atoms with E-state index in [-0.39, 0.29) is 12.5 Å². The van der Waals surface area contributed by atoms with Crippen molar-refractivity contribution in [3.05, 3.63) is 41.6 Å². The van der Waals surface area contributed by atoms with E-state index in [9.17, 15) is 15.2 Å². The molecule has 0 radical (unpaired) electrons. The highest BCUT2D eigenvalue weighted by Crippen LogP contribution is 2.35. The van der Waals surface area contributed by atoms with E-state index in [1.165, 1.54) is 0 Å². The summed E-state index contributed by atoms with van der Waals surface area (Å²) in [6, 6.07) is 5.39. The number of hydrogen-bond acceptors (Lipinski definition) is 6. The van der Waals surface area contributed by atoms with Crippen molar-refractivity contribution in [3.8, 4) is 11.9 Å². The van der Waals surface area contributed by atoms with Crippen LogP contribution in [0.25, 0.3) is 0 Å². The van der Waals surface area contributed by atoms with Crippen molar-refractivity contribution < 1.29 is 14.6 Å². The van der Waals surface area contributed by atoms with Gasteiger partial charge in [-0.3, -0.25) is 9.78 Å². The Bertz CT molecular complexity index is 691. The number of imidazole rings is 1. The number of ether oxygens (including phenoxy) is 1. The molecule has 7 heteroatoms. The quantitative estimate of drug-likeness (QED) is 0.812. The van der Waals surface area contributed by atoms with E-state index < -0.39 is 17.8 Å². The summed E-state index contributed by atoms with van der Waals surface area (Å²) in [6.45, 7) is 3.52. The number of nitrogens with one attached hydrogen (secondary N) is 1. The Balaban J connectivity index is 2.53. The molecule has 0 bridgehead atoms. The van der Waals surface area contributed by atoms with Crippen LogP contribution in [0.1, 0.15) is 29.9 Å². The summed E-state index contributed by atoms with van der Waals surface area (Å²) < 4.78 is 4.97. The molecule has 0 aliphatic rings. The molecule has 0 amide bonds. The average Bonchev–Trinajstić information content (AvgIpc) is 2.84. The Morgan fingerprint density at radius 2 is 2.36 bits per heavy atom. The van der Waals surface area contributed by atoms with Crippen LogP contribution in [0.3, 0.4) is 0 Å². The van der Waals surface area contributed by atoms with E-state index in [1.807, 2.05) is 6.07 Å². The van der Waals surface area contributed by atoms with Crippen molar-refractivity contribution in [2.24, 2.45) is 5.92 Å². The lowest BCUT2D eigenvalue weighted by Gasteiger charge is -2.19. The number of carbonyl (C=O) groups is 1. The standard InChI is InChI=1S/C15H16N4O3/c1-3-22-15(21)11(7-16)12(10-5-4-6-17-8-10)13-14(20)19-9(2)18-13/h4-6,8,11-12,20H,3H2,1-2H3,(H,18,19)/t11-,12-/m0/s1. The van der Waals surface area contributed by atoms with Gasteiger partial charge in [-0.25, -0.2) is 0 Å². The van der Waals surface area contributed by atoms with Crippen molar-refractivity contribution in [2.75, 3.05) is 6.61 Å². The second-order valence-corrected chi connectivity index (χ2v) is 4.68. The second-order valence-electron chi connectivity index (χ2n) is 4.68. The Morgan fingerprint density at radius 3 is 2.86 bits per heavy atom. The van der Waals surface area contributed by atoms with Crippen LogP contribution in [0.4, 0.5) is 0 Å². The molecular weight excluding hydrogens is 284 g/mol. The highest BCUT2D eigenvalue weighted by Gasteiger charge is 2.35. The maximum atomic E-state index is 12.1. The molecule has 0 aliphatic heterocycles. The van der Waals surface area contributed by atoms with Gasteiger partial charge in [0, 0.05) is 12.4 Å². The molecule has 114 valence electrons. The van der Waals surface area contributed by atoms with Crippen LogP contribution in [0.15, 0.2) is 24.5 Å². The first kappa shape index (κ1) is 15.5. The summed E-state index contributed by atoms with van der Waals surface area (Å²) in [4.78, 5) is 22.9. The molecule has 0 saturated carbocycles. The van der Waals surface area contributed by atoms with Crippen molar-refractivity contribution in [1.29, 1.82) is 5.26 Å². The molecule has 2 aromatic heterocycles. The Kier molecular flexibility index (Phi) is 4.73. The van der Waals surface area contributed by atoms with Gasteiger partial charge in [0.2, 0.25) is 5.88 Å². The first-order chi connectivity index (χ1) is 10.6. The number of hydrogen-bond donors (Lipinski definition) is 2. The largest absolute Gasteiger partial charge is 0.492 e. The molecule has 0 fully saturated rings. The monoisotopic (exact) mass is 300 g/mol. The lowest BCUT2D eigenvalue weighted by Crippen LogP contribution is -2.24. The zero-order valence-corrected chi connectivity index (χ0v) is 12.3. The minimum absolute atomic E-state index is 0.171. The number of pyridine rings is 1. The lowest BCUT2D eigenvalue weighted by atomic mass is 9.85. The molecule has 2 rings (SSSR count). The molecule has 7 nitrogen and oxygen atoms in total. The van der Waals surface area contributed by atoms with Crippen molar-refractivity contribution >= 4 is 5.97 Å². The molecule has 0 aliphatic carbocycles. The number of rotatable bonds is 5. The normalized spacial score (nSPS) is 13.1. The molecular formula is C15H16N4O3. The van der Waals surface area contributed by atoms with Crippen LogP contribution < -0.4 is 0 Å². The van der Waals surface area contributed by atoms with E-state index >= 15 is 0 Å². The zero-order chi connectivity index (χ0) is 16.1. The SMILES string of the molecule is CCOC(=O)[C@@H](C#N)[C@H](c1cccnc1)c1[nH]c(C)nc1O. The van der Waals surface area contributed by atoms with Crippen molar-refractivity contribution in [2.45, 2.75) is 19.8 Å². The van der Waals surface area contributed by atoms with E-state index in [2.05, 4.69) is 15.0 Å². The number of carbonyl (C=O) groups excluding carboxylic acids is 1. The third-order valence-electron chi connectivity index (χ3n) is 3.20. The van der Waals surface area contributed by atoms with Gasteiger partial charge in [-0.15, -0.1) is 0 Å². The van der Waals surface area contributed by atoms with Gasteiger partial charge in [-0.05, 0) is 25.5 Å². The predicted molar refractivity (Wildman–Crippen MR) is 76.8 cm³/mol. The number of H-pyrrole nitrogens is 1. The van der Waals surface area contributed by atoms with Gasteiger partial charge in [-0.2, -0.15) is 10.2 Å². The van der Waals surface area contributed by atoms with Crippen LogP contribution in [-0.4, -0.2) is 32.6 Å². The lowest BCUT2D eigenvalue weighted by molar-refractivity contribution is -0.146. The third kappa shape index (κ3) is 3.06. The molecule has 22 heavy (non-hydrogen) atoms. The summed E-state index contributed by atoms with van der Waals surface area (Å²) in [5.74, 6) is -2.25. The minimum atomic E-state index is -1.12. The van der Waals surface area contributed by atoms with Crippen LogP contribution in [0, 0.1) is 24.2 Å². The topological polar surface area (TPSA) is 112 Å². The number of aryl methyl sites for hydroxylation is 1. The Labute approximate surface area is 127 Å². The van der Waals surface area contributed by atoms with Crippen molar-refractivity contribution in [3.63, 3.8) is 0 Å². The van der Waals surface area contributed by atoms with E-state index in [0.717, 1.165) is 0 Å². The fourth-order valence-electron chi connectivity index (χ4n) is 2.30. The van der Waals surface area contributed by atoms with Crippen molar-refractivity contribution in [1.82, 2.24) is 15.0 Å². The molecule has 0 unspecified atom stereocenters. The van der Waals surface area contributed by atoms with Gasteiger partial charge in [-0.1, -0.05) is 6.07 Å². The van der Waals surface area contributed by atoms with Gasteiger partial charge in [0.25, 0.3) is 0 Å². The molecule has 0 spiro atoms. The second kappa shape index (κ2) is 6.72. The maximum Gasteiger partial charge on any atom is 0.324 e. The smallest absolute Gasteiger partial charge is 0.324 e. The van der Waals surface area contributed by atoms with Crippen LogP contribution in [0.5, 0.6) is 5.88 Å². The highest BCUT2D eigenvalue weighted by atomic mass is 16.5. The van der Waals surface area contributed by atoms with Crippen LogP contribution in [0.2, 0.25) is 0 Å². The molecule has 2 atom stereocenters. The van der Waals surface area contributed by atoms with Crippen LogP contribution >= 0.6 is 0 Å². The summed E-state index contributed by atoms with van der Waals surface area (Å²) in [6.07, 6.45) is 3.13. The van der Waals surface area contributed by atoms with Gasteiger partial charge in [0.15, 0.2) is 5.92 Å². The van der Waals surface area contributed by atoms with Crippen LogP contribution in [-0.2, 0) is 9.53 Å². The summed E-state index contributed by atoms with van der Waals surface area (Å²) in [5, 5.41) is 19.4. The van der Waals surface area contributed by atoms with E-state index in [1.54, 1.807) is 38.4 Å². The highest BCUT2D eigenvalue weighted by molar-refractivity contribution is 5.77. The molecule has 2 aromatic rings. The predicted octanol–water partition coefficient (Wildman–Crippen LogP) is 1.65. The fraction of sp³-hybridized carbons (Fsp3) is 0.333. The summed E-state index contributed by atoms with van der Waals surface area (Å²) in [5.41, 5.74) is 0.908. The Morgan fingerprint density at radius 1 is 1.59 bits per heavy atom. The average molecular weight is 300 g/mol. The summed E-state index contributed by atoms with van der Waals surface area (Å²) >= 11 is 0.